The molecule has 2 unspecified atom stereocenters. The van der Waals surface area contributed by atoms with E-state index < -0.39 is 10.0 Å². The molecule has 1 aromatic carbocycles. The second-order valence-corrected chi connectivity index (χ2v) is 7.10. The lowest BCUT2D eigenvalue weighted by Gasteiger charge is -2.38. The molecule has 1 fully saturated rings. The van der Waals surface area contributed by atoms with E-state index in [0.717, 1.165) is 6.54 Å². The lowest BCUT2D eigenvalue weighted by atomic mass is 10.1. The summed E-state index contributed by atoms with van der Waals surface area (Å²) in [4.78, 5) is 14.5. The molecule has 2 N–H and O–H groups in total. The first-order valence-corrected chi connectivity index (χ1v) is 8.43. The standard InChI is InChI=1S/C14H21N3O3S/c1-10-11(2)17(9-8-16-10)14(18)12-4-6-13(7-5-12)21(19,20)15-3/h4-7,10-11,15-16H,8-9H2,1-3H3. The van der Waals surface area contributed by atoms with Gasteiger partial charge in [0.05, 0.1) is 4.90 Å². The molecule has 1 heterocycles. The van der Waals surface area contributed by atoms with Crippen LogP contribution < -0.4 is 10.0 Å². The third kappa shape index (κ3) is 3.25. The molecule has 0 saturated carbocycles. The molecular formula is C14H21N3O3S. The van der Waals surface area contributed by atoms with Crippen molar-refractivity contribution in [3.8, 4) is 0 Å². The summed E-state index contributed by atoms with van der Waals surface area (Å²) >= 11 is 0. The Balaban J connectivity index is 2.21. The van der Waals surface area contributed by atoms with E-state index in [4.69, 9.17) is 0 Å². The minimum Gasteiger partial charge on any atom is -0.333 e. The summed E-state index contributed by atoms with van der Waals surface area (Å²) in [5.74, 6) is -0.0655. The Kier molecular flexibility index (Phi) is 4.65. The van der Waals surface area contributed by atoms with Crippen molar-refractivity contribution in [1.82, 2.24) is 14.9 Å². The monoisotopic (exact) mass is 311 g/mol. The minimum atomic E-state index is -3.47. The van der Waals surface area contributed by atoms with Gasteiger partial charge in [-0.05, 0) is 45.2 Å². The Bertz CT molecular complexity index is 613. The number of nitrogens with one attached hydrogen (secondary N) is 2. The highest BCUT2D eigenvalue weighted by atomic mass is 32.2. The fourth-order valence-corrected chi connectivity index (χ4v) is 3.13. The van der Waals surface area contributed by atoms with E-state index in [9.17, 15) is 13.2 Å². The maximum Gasteiger partial charge on any atom is 0.254 e. The van der Waals surface area contributed by atoms with Crippen molar-refractivity contribution in [2.24, 2.45) is 0 Å². The van der Waals surface area contributed by atoms with Gasteiger partial charge in [0.1, 0.15) is 0 Å². The van der Waals surface area contributed by atoms with Gasteiger partial charge in [-0.25, -0.2) is 13.1 Å². The van der Waals surface area contributed by atoms with Gasteiger partial charge < -0.3 is 10.2 Å². The number of carbonyl (C=O) groups excluding carboxylic acids is 1. The topological polar surface area (TPSA) is 78.5 Å². The van der Waals surface area contributed by atoms with Crippen LogP contribution in [0, 0.1) is 0 Å². The fraction of sp³-hybridized carbons (Fsp3) is 0.500. The van der Waals surface area contributed by atoms with E-state index >= 15 is 0 Å². The van der Waals surface area contributed by atoms with Gasteiger partial charge >= 0.3 is 0 Å². The number of rotatable bonds is 3. The second-order valence-electron chi connectivity index (χ2n) is 5.21. The largest absolute Gasteiger partial charge is 0.333 e. The lowest BCUT2D eigenvalue weighted by Crippen LogP contribution is -2.57. The Morgan fingerprint density at radius 2 is 1.90 bits per heavy atom. The van der Waals surface area contributed by atoms with Crippen LogP contribution in [0.5, 0.6) is 0 Å². The van der Waals surface area contributed by atoms with Gasteiger partial charge in [0.15, 0.2) is 0 Å². The van der Waals surface area contributed by atoms with Crippen LogP contribution in [0.3, 0.4) is 0 Å². The number of hydrogen-bond donors (Lipinski definition) is 2. The maximum absolute atomic E-state index is 12.5. The normalized spacial score (nSPS) is 23.1. The van der Waals surface area contributed by atoms with Crippen molar-refractivity contribution in [2.75, 3.05) is 20.1 Å². The zero-order valence-corrected chi connectivity index (χ0v) is 13.3. The van der Waals surface area contributed by atoms with Gasteiger partial charge in [-0.15, -0.1) is 0 Å². The minimum absolute atomic E-state index is 0.0655. The fourth-order valence-electron chi connectivity index (χ4n) is 2.40. The number of carbonyl (C=O) groups is 1. The summed E-state index contributed by atoms with van der Waals surface area (Å²) in [5.41, 5.74) is 0.506. The van der Waals surface area contributed by atoms with Crippen LogP contribution in [-0.2, 0) is 10.0 Å². The van der Waals surface area contributed by atoms with Crippen LogP contribution in [0.2, 0.25) is 0 Å². The number of sulfonamides is 1. The van der Waals surface area contributed by atoms with E-state index in [1.54, 1.807) is 12.1 Å². The third-order valence-corrected chi connectivity index (χ3v) is 5.41. The number of amides is 1. The highest BCUT2D eigenvalue weighted by Crippen LogP contribution is 2.16. The van der Waals surface area contributed by atoms with Gasteiger partial charge in [0.2, 0.25) is 10.0 Å². The third-order valence-electron chi connectivity index (χ3n) is 3.98. The number of benzene rings is 1. The molecule has 2 atom stereocenters. The summed E-state index contributed by atoms with van der Waals surface area (Å²) < 4.78 is 25.6. The van der Waals surface area contributed by atoms with E-state index in [1.165, 1.54) is 19.2 Å². The molecule has 6 nitrogen and oxygen atoms in total. The van der Waals surface area contributed by atoms with E-state index in [2.05, 4.69) is 10.0 Å². The first-order chi connectivity index (χ1) is 9.86. The van der Waals surface area contributed by atoms with Gasteiger partial charge in [-0.2, -0.15) is 0 Å². The molecular weight excluding hydrogens is 290 g/mol. The summed E-state index contributed by atoms with van der Waals surface area (Å²) in [6.07, 6.45) is 0. The molecule has 0 radical (unpaired) electrons. The average Bonchev–Trinajstić information content (AvgIpc) is 2.49. The smallest absolute Gasteiger partial charge is 0.254 e. The van der Waals surface area contributed by atoms with Crippen LogP contribution in [-0.4, -0.2) is 51.4 Å². The molecule has 0 bridgehead atoms. The Morgan fingerprint density at radius 1 is 1.29 bits per heavy atom. The zero-order chi connectivity index (χ0) is 15.6. The zero-order valence-electron chi connectivity index (χ0n) is 12.5. The van der Waals surface area contributed by atoms with Gasteiger partial charge in [0.25, 0.3) is 5.91 Å². The van der Waals surface area contributed by atoms with E-state index in [0.29, 0.717) is 12.1 Å². The van der Waals surface area contributed by atoms with Crippen LogP contribution in [0.15, 0.2) is 29.2 Å². The molecule has 21 heavy (non-hydrogen) atoms. The van der Waals surface area contributed by atoms with E-state index in [1.807, 2.05) is 18.7 Å². The van der Waals surface area contributed by atoms with Crippen LogP contribution in [0.25, 0.3) is 0 Å². The Morgan fingerprint density at radius 3 is 2.48 bits per heavy atom. The Labute approximate surface area is 125 Å². The molecule has 1 aromatic rings. The predicted molar refractivity (Wildman–Crippen MR) is 80.7 cm³/mol. The highest BCUT2D eigenvalue weighted by Gasteiger charge is 2.28. The number of hydrogen-bond acceptors (Lipinski definition) is 4. The summed E-state index contributed by atoms with van der Waals surface area (Å²) in [6.45, 7) is 5.48. The molecule has 0 aromatic heterocycles. The van der Waals surface area contributed by atoms with E-state index in [-0.39, 0.29) is 22.9 Å². The lowest BCUT2D eigenvalue weighted by molar-refractivity contribution is 0.0603. The van der Waals surface area contributed by atoms with Crippen molar-refractivity contribution in [3.05, 3.63) is 29.8 Å². The van der Waals surface area contributed by atoms with Crippen LogP contribution in [0.1, 0.15) is 24.2 Å². The molecule has 0 aliphatic carbocycles. The van der Waals surface area contributed by atoms with Crippen molar-refractivity contribution < 1.29 is 13.2 Å². The molecule has 116 valence electrons. The van der Waals surface area contributed by atoms with Crippen molar-refractivity contribution in [3.63, 3.8) is 0 Å². The van der Waals surface area contributed by atoms with Crippen molar-refractivity contribution >= 4 is 15.9 Å². The van der Waals surface area contributed by atoms with Crippen molar-refractivity contribution in [1.29, 1.82) is 0 Å². The molecule has 1 aliphatic heterocycles. The molecule has 0 spiro atoms. The first kappa shape index (κ1) is 15.9. The molecule has 2 rings (SSSR count). The number of piperazine rings is 1. The predicted octanol–water partition coefficient (Wildman–Crippen LogP) is 0.417. The first-order valence-electron chi connectivity index (χ1n) is 6.95. The van der Waals surface area contributed by atoms with Crippen LogP contribution in [0.4, 0.5) is 0 Å². The SMILES string of the molecule is CNS(=O)(=O)c1ccc(C(=O)N2CCNC(C)C2C)cc1. The number of nitrogens with zero attached hydrogens (tertiary/aromatic N) is 1. The molecule has 7 heteroatoms. The van der Waals surface area contributed by atoms with Gasteiger partial charge in [0, 0.05) is 30.7 Å². The second kappa shape index (κ2) is 6.13. The van der Waals surface area contributed by atoms with Crippen LogP contribution >= 0.6 is 0 Å². The average molecular weight is 311 g/mol. The quantitative estimate of drug-likeness (QED) is 0.848. The molecule has 1 aliphatic rings. The van der Waals surface area contributed by atoms with Crippen molar-refractivity contribution in [2.45, 2.75) is 30.8 Å². The van der Waals surface area contributed by atoms with Gasteiger partial charge in [-0.3, -0.25) is 4.79 Å². The summed E-state index contributed by atoms with van der Waals surface area (Å²) in [7, 11) is -2.11. The maximum atomic E-state index is 12.5. The summed E-state index contributed by atoms with van der Waals surface area (Å²) in [5, 5.41) is 3.32. The highest BCUT2D eigenvalue weighted by molar-refractivity contribution is 7.89. The summed E-state index contributed by atoms with van der Waals surface area (Å²) in [6, 6.07) is 6.38. The molecule has 1 amide bonds. The Hall–Kier alpha value is -1.44. The molecule has 1 saturated heterocycles. The van der Waals surface area contributed by atoms with Gasteiger partial charge in [-0.1, -0.05) is 0 Å².